The van der Waals surface area contributed by atoms with Crippen LogP contribution in [0.1, 0.15) is 27.2 Å². The van der Waals surface area contributed by atoms with Crippen molar-refractivity contribution in [2.45, 2.75) is 39.3 Å². The summed E-state index contributed by atoms with van der Waals surface area (Å²) in [6.07, 6.45) is 0.336. The van der Waals surface area contributed by atoms with Crippen LogP contribution in [0, 0.1) is 0 Å². The van der Waals surface area contributed by atoms with Gasteiger partial charge < -0.3 is 10.6 Å². The van der Waals surface area contributed by atoms with Gasteiger partial charge in [0.05, 0.1) is 0 Å². The van der Waals surface area contributed by atoms with E-state index in [1.54, 1.807) is 6.92 Å². The van der Waals surface area contributed by atoms with E-state index in [1.165, 1.54) is 0 Å². The van der Waals surface area contributed by atoms with E-state index in [1.807, 2.05) is 13.8 Å². The van der Waals surface area contributed by atoms with Gasteiger partial charge in [0, 0.05) is 12.5 Å². The van der Waals surface area contributed by atoms with Crippen LogP contribution in [0.4, 0.5) is 0 Å². The van der Waals surface area contributed by atoms with Crippen molar-refractivity contribution < 1.29 is 9.59 Å². The van der Waals surface area contributed by atoms with E-state index in [0.717, 1.165) is 0 Å². The summed E-state index contributed by atoms with van der Waals surface area (Å²) in [5.74, 6) is 0.184. The molecule has 0 aliphatic carbocycles. The first kappa shape index (κ1) is 13.3. The van der Waals surface area contributed by atoms with Crippen LogP contribution in [0.5, 0.6) is 0 Å². The second-order valence-electron chi connectivity index (χ2n) is 3.43. The average molecular weight is 218 g/mol. The first-order valence-corrected chi connectivity index (χ1v) is 5.31. The molecule has 2 N–H and O–H groups in total. The Morgan fingerprint density at radius 2 is 1.79 bits per heavy atom. The van der Waals surface area contributed by atoms with Gasteiger partial charge in [-0.1, -0.05) is 0 Å². The van der Waals surface area contributed by atoms with E-state index in [0.29, 0.717) is 12.2 Å². The van der Waals surface area contributed by atoms with Crippen molar-refractivity contribution >= 4 is 24.4 Å². The Balaban J connectivity index is 3.88. The summed E-state index contributed by atoms with van der Waals surface area (Å²) in [6.45, 7) is 5.41. The zero-order valence-corrected chi connectivity index (χ0v) is 9.73. The molecule has 0 bridgehead atoms. The minimum Gasteiger partial charge on any atom is -0.352 e. The van der Waals surface area contributed by atoms with Gasteiger partial charge in [-0.3, -0.25) is 9.59 Å². The SMILES string of the molecule is CC(C)NC(=O)C(C)NC(=O)CCS. The van der Waals surface area contributed by atoms with Crippen molar-refractivity contribution in [3.63, 3.8) is 0 Å². The third kappa shape index (κ3) is 5.85. The quantitative estimate of drug-likeness (QED) is 0.583. The van der Waals surface area contributed by atoms with Crippen molar-refractivity contribution in [1.82, 2.24) is 10.6 Å². The molecule has 0 heterocycles. The minimum atomic E-state index is -0.482. The summed E-state index contributed by atoms with van der Waals surface area (Å²) < 4.78 is 0. The molecule has 0 aliphatic rings. The predicted molar refractivity (Wildman–Crippen MR) is 59.4 cm³/mol. The van der Waals surface area contributed by atoms with Crippen LogP contribution < -0.4 is 10.6 Å². The van der Waals surface area contributed by atoms with Crippen molar-refractivity contribution in [2.75, 3.05) is 5.75 Å². The summed E-state index contributed by atoms with van der Waals surface area (Å²) in [7, 11) is 0. The number of nitrogens with one attached hydrogen (secondary N) is 2. The molecule has 0 radical (unpaired) electrons. The largest absolute Gasteiger partial charge is 0.352 e. The second kappa shape index (κ2) is 6.70. The normalized spacial score (nSPS) is 12.4. The highest BCUT2D eigenvalue weighted by Gasteiger charge is 2.15. The van der Waals surface area contributed by atoms with E-state index in [-0.39, 0.29) is 17.9 Å². The molecule has 0 aliphatic heterocycles. The van der Waals surface area contributed by atoms with Crippen LogP contribution in [-0.4, -0.2) is 29.7 Å². The fourth-order valence-electron chi connectivity index (χ4n) is 0.890. The zero-order valence-electron chi connectivity index (χ0n) is 8.83. The lowest BCUT2D eigenvalue weighted by atomic mass is 10.2. The molecule has 0 aromatic carbocycles. The number of rotatable bonds is 5. The first-order chi connectivity index (χ1) is 6.47. The molecule has 1 unspecified atom stereocenters. The molecule has 0 saturated carbocycles. The van der Waals surface area contributed by atoms with Crippen LogP contribution in [0.2, 0.25) is 0 Å². The Bertz CT molecular complexity index is 207. The van der Waals surface area contributed by atoms with E-state index in [2.05, 4.69) is 23.3 Å². The van der Waals surface area contributed by atoms with Crippen molar-refractivity contribution in [1.29, 1.82) is 0 Å². The van der Waals surface area contributed by atoms with Crippen LogP contribution in [0.25, 0.3) is 0 Å². The van der Waals surface area contributed by atoms with Crippen molar-refractivity contribution in [2.24, 2.45) is 0 Å². The number of hydrogen-bond donors (Lipinski definition) is 3. The maximum atomic E-state index is 11.3. The average Bonchev–Trinajstić information content (AvgIpc) is 2.02. The van der Waals surface area contributed by atoms with Crippen LogP contribution in [0.15, 0.2) is 0 Å². The summed E-state index contributed by atoms with van der Waals surface area (Å²) >= 11 is 3.93. The van der Waals surface area contributed by atoms with Crippen molar-refractivity contribution in [3.05, 3.63) is 0 Å². The Hall–Kier alpha value is -0.710. The molecule has 0 rings (SSSR count). The zero-order chi connectivity index (χ0) is 11.1. The van der Waals surface area contributed by atoms with Gasteiger partial charge in [-0.15, -0.1) is 0 Å². The standard InChI is InChI=1S/C9H18N2O2S/c1-6(2)10-9(13)7(3)11-8(12)4-5-14/h6-7,14H,4-5H2,1-3H3,(H,10,13)(H,11,12). The maximum Gasteiger partial charge on any atom is 0.242 e. The molecular formula is C9H18N2O2S. The Kier molecular flexibility index (Phi) is 6.36. The van der Waals surface area contributed by atoms with Crippen LogP contribution in [0.3, 0.4) is 0 Å². The molecule has 14 heavy (non-hydrogen) atoms. The molecule has 5 heteroatoms. The summed E-state index contributed by atoms with van der Waals surface area (Å²) in [4.78, 5) is 22.5. The number of carbonyl (C=O) groups excluding carboxylic acids is 2. The van der Waals surface area contributed by atoms with E-state index in [4.69, 9.17) is 0 Å². The van der Waals surface area contributed by atoms with E-state index in [9.17, 15) is 9.59 Å². The Morgan fingerprint density at radius 3 is 2.21 bits per heavy atom. The summed E-state index contributed by atoms with van der Waals surface area (Å²) in [6, 6.07) is -0.392. The van der Waals surface area contributed by atoms with Gasteiger partial charge >= 0.3 is 0 Å². The molecule has 0 saturated heterocycles. The van der Waals surface area contributed by atoms with Gasteiger partial charge in [0.1, 0.15) is 6.04 Å². The first-order valence-electron chi connectivity index (χ1n) is 4.68. The second-order valence-corrected chi connectivity index (χ2v) is 3.87. The molecule has 2 amide bonds. The highest BCUT2D eigenvalue weighted by atomic mass is 32.1. The monoisotopic (exact) mass is 218 g/mol. The summed E-state index contributed by atoms with van der Waals surface area (Å²) in [5.41, 5.74) is 0. The molecule has 0 aromatic heterocycles. The number of carbonyl (C=O) groups is 2. The topological polar surface area (TPSA) is 58.2 Å². The Morgan fingerprint density at radius 1 is 1.21 bits per heavy atom. The van der Waals surface area contributed by atoms with Gasteiger partial charge in [-0.05, 0) is 26.5 Å². The lowest BCUT2D eigenvalue weighted by molar-refractivity contribution is -0.128. The third-order valence-corrected chi connectivity index (χ3v) is 1.76. The Labute approximate surface area is 90.2 Å². The highest BCUT2D eigenvalue weighted by molar-refractivity contribution is 7.80. The molecule has 82 valence electrons. The molecule has 0 aromatic rings. The third-order valence-electron chi connectivity index (χ3n) is 1.54. The predicted octanol–water partition coefficient (Wildman–Crippen LogP) is 0.336. The number of amides is 2. The van der Waals surface area contributed by atoms with Crippen LogP contribution in [-0.2, 0) is 9.59 Å². The highest BCUT2D eigenvalue weighted by Crippen LogP contribution is 1.89. The lowest BCUT2D eigenvalue weighted by Gasteiger charge is -2.15. The molecule has 0 spiro atoms. The molecule has 0 fully saturated rings. The fraction of sp³-hybridized carbons (Fsp3) is 0.778. The van der Waals surface area contributed by atoms with Gasteiger partial charge in [0.2, 0.25) is 11.8 Å². The smallest absolute Gasteiger partial charge is 0.242 e. The van der Waals surface area contributed by atoms with Crippen molar-refractivity contribution in [3.8, 4) is 0 Å². The molecule has 1 atom stereocenters. The van der Waals surface area contributed by atoms with Gasteiger partial charge in [-0.25, -0.2) is 0 Å². The van der Waals surface area contributed by atoms with E-state index >= 15 is 0 Å². The lowest BCUT2D eigenvalue weighted by Crippen LogP contribution is -2.46. The number of thiol groups is 1. The molecule has 4 nitrogen and oxygen atoms in total. The maximum absolute atomic E-state index is 11.3. The number of hydrogen-bond acceptors (Lipinski definition) is 3. The van der Waals surface area contributed by atoms with Gasteiger partial charge in [0.25, 0.3) is 0 Å². The summed E-state index contributed by atoms with van der Waals surface area (Å²) in [5, 5.41) is 5.30. The van der Waals surface area contributed by atoms with Gasteiger partial charge in [-0.2, -0.15) is 12.6 Å². The molecular weight excluding hydrogens is 200 g/mol. The van der Waals surface area contributed by atoms with Crippen LogP contribution >= 0.6 is 12.6 Å². The minimum absolute atomic E-state index is 0.0896. The van der Waals surface area contributed by atoms with E-state index < -0.39 is 6.04 Å². The fourth-order valence-corrected chi connectivity index (χ4v) is 1.09. The van der Waals surface area contributed by atoms with Gasteiger partial charge in [0.15, 0.2) is 0 Å².